The topological polar surface area (TPSA) is 42.7 Å². The maximum atomic E-state index is 13.6. The minimum atomic E-state index is -0.247. The number of rotatable bonds is 3. The Morgan fingerprint density at radius 1 is 1.27 bits per heavy atom. The molecule has 1 atom stereocenters. The highest BCUT2D eigenvalue weighted by molar-refractivity contribution is 5.73. The van der Waals surface area contributed by atoms with Crippen LogP contribution in [0, 0.1) is 11.7 Å². The van der Waals surface area contributed by atoms with Crippen LogP contribution in [0.1, 0.15) is 12.2 Å². The van der Waals surface area contributed by atoms with E-state index < -0.39 is 0 Å². The first-order valence-electron chi connectivity index (χ1n) is 7.60. The lowest BCUT2D eigenvalue weighted by molar-refractivity contribution is 0.557. The molecule has 0 radical (unpaired) electrons. The quantitative estimate of drug-likeness (QED) is 0.808. The summed E-state index contributed by atoms with van der Waals surface area (Å²) in [5.74, 6) is 1.28. The maximum absolute atomic E-state index is 13.6. The maximum Gasteiger partial charge on any atom is 0.164 e. The van der Waals surface area contributed by atoms with Gasteiger partial charge in [0.2, 0.25) is 0 Å². The highest BCUT2D eigenvalue weighted by atomic mass is 19.1. The highest BCUT2D eigenvalue weighted by Gasteiger charge is 2.20. The van der Waals surface area contributed by atoms with Gasteiger partial charge >= 0.3 is 0 Å². The van der Waals surface area contributed by atoms with E-state index in [4.69, 9.17) is 4.98 Å². The second-order valence-corrected chi connectivity index (χ2v) is 5.75. The van der Waals surface area contributed by atoms with Gasteiger partial charge in [-0.15, -0.1) is 0 Å². The van der Waals surface area contributed by atoms with Gasteiger partial charge < -0.3 is 5.32 Å². The van der Waals surface area contributed by atoms with Gasteiger partial charge in [-0.3, -0.25) is 4.57 Å². The molecule has 112 valence electrons. The van der Waals surface area contributed by atoms with Gasteiger partial charge in [0.15, 0.2) is 5.65 Å². The van der Waals surface area contributed by atoms with Crippen molar-refractivity contribution < 1.29 is 4.39 Å². The van der Waals surface area contributed by atoms with Crippen LogP contribution in [0.15, 0.2) is 42.6 Å². The molecular weight excluding hydrogens is 279 g/mol. The molecule has 1 N–H and O–H groups in total. The Morgan fingerprint density at radius 2 is 2.23 bits per heavy atom. The molecule has 5 heteroatoms. The molecule has 1 aliphatic heterocycles. The Bertz CT molecular complexity index is 805. The Labute approximate surface area is 128 Å². The summed E-state index contributed by atoms with van der Waals surface area (Å²) in [6.45, 7) is 2.07. The molecule has 4 rings (SSSR count). The zero-order chi connectivity index (χ0) is 14.9. The third-order valence-electron chi connectivity index (χ3n) is 4.19. The van der Waals surface area contributed by atoms with E-state index >= 15 is 0 Å². The first kappa shape index (κ1) is 13.4. The molecule has 0 saturated carbocycles. The second-order valence-electron chi connectivity index (χ2n) is 5.75. The van der Waals surface area contributed by atoms with E-state index in [1.807, 2.05) is 22.8 Å². The normalized spacial score (nSPS) is 18.1. The van der Waals surface area contributed by atoms with Crippen molar-refractivity contribution in [2.45, 2.75) is 12.8 Å². The van der Waals surface area contributed by atoms with E-state index in [9.17, 15) is 4.39 Å². The van der Waals surface area contributed by atoms with Gasteiger partial charge in [-0.2, -0.15) is 0 Å². The van der Waals surface area contributed by atoms with Crippen molar-refractivity contribution in [3.63, 3.8) is 0 Å². The summed E-state index contributed by atoms with van der Waals surface area (Å²) in [6.07, 6.45) is 3.78. The largest absolute Gasteiger partial charge is 0.316 e. The van der Waals surface area contributed by atoms with Crippen molar-refractivity contribution in [2.24, 2.45) is 5.92 Å². The Hall–Kier alpha value is -2.27. The minimum Gasteiger partial charge on any atom is -0.316 e. The summed E-state index contributed by atoms with van der Waals surface area (Å²) in [6, 6.07) is 10.4. The van der Waals surface area contributed by atoms with Gasteiger partial charge in [-0.25, -0.2) is 14.4 Å². The number of fused-ring (bicyclic) bond motifs is 1. The summed E-state index contributed by atoms with van der Waals surface area (Å²) in [4.78, 5) is 9.18. The second kappa shape index (κ2) is 5.50. The SMILES string of the molecule is Fc1cccc(-n2c(CC3CCNC3)nc3cccnc32)c1. The van der Waals surface area contributed by atoms with Gasteiger partial charge in [0.1, 0.15) is 17.2 Å². The standard InChI is InChI=1S/C17H17FN4/c18-13-3-1-4-14(10-13)22-16(9-12-6-8-19-11-12)21-15-5-2-7-20-17(15)22/h1-5,7,10,12,19H,6,8-9,11H2. The molecule has 3 aromatic rings. The van der Waals surface area contributed by atoms with Crippen LogP contribution >= 0.6 is 0 Å². The third-order valence-corrected chi connectivity index (χ3v) is 4.19. The number of imidazole rings is 1. The Kier molecular flexibility index (Phi) is 3.35. The summed E-state index contributed by atoms with van der Waals surface area (Å²) in [5, 5.41) is 3.38. The van der Waals surface area contributed by atoms with Crippen LogP contribution in [0.25, 0.3) is 16.9 Å². The molecular formula is C17H17FN4. The van der Waals surface area contributed by atoms with Crippen molar-refractivity contribution in [2.75, 3.05) is 13.1 Å². The van der Waals surface area contributed by atoms with Gasteiger partial charge in [0.25, 0.3) is 0 Å². The molecule has 1 fully saturated rings. The van der Waals surface area contributed by atoms with Crippen LogP contribution in [-0.4, -0.2) is 27.6 Å². The van der Waals surface area contributed by atoms with Crippen LogP contribution in [0.5, 0.6) is 0 Å². The van der Waals surface area contributed by atoms with E-state index in [0.29, 0.717) is 5.92 Å². The van der Waals surface area contributed by atoms with Crippen LogP contribution in [-0.2, 0) is 6.42 Å². The Balaban J connectivity index is 1.85. The first-order chi connectivity index (χ1) is 10.8. The molecule has 1 saturated heterocycles. The summed E-state index contributed by atoms with van der Waals surface area (Å²) in [7, 11) is 0. The number of nitrogens with one attached hydrogen (secondary N) is 1. The number of benzene rings is 1. The fourth-order valence-electron chi connectivity index (χ4n) is 3.13. The minimum absolute atomic E-state index is 0.247. The van der Waals surface area contributed by atoms with Crippen molar-refractivity contribution in [1.29, 1.82) is 0 Å². The molecule has 1 aromatic carbocycles. The van der Waals surface area contributed by atoms with E-state index in [2.05, 4.69) is 10.3 Å². The van der Waals surface area contributed by atoms with Crippen LogP contribution in [0.2, 0.25) is 0 Å². The van der Waals surface area contributed by atoms with Crippen molar-refractivity contribution in [3.05, 3.63) is 54.2 Å². The Morgan fingerprint density at radius 3 is 3.05 bits per heavy atom. The molecule has 2 aromatic heterocycles. The highest BCUT2D eigenvalue weighted by Crippen LogP contribution is 2.23. The molecule has 4 nitrogen and oxygen atoms in total. The fourth-order valence-corrected chi connectivity index (χ4v) is 3.13. The van der Waals surface area contributed by atoms with Crippen LogP contribution < -0.4 is 5.32 Å². The number of aromatic nitrogens is 3. The predicted molar refractivity (Wildman–Crippen MR) is 83.5 cm³/mol. The molecule has 0 amide bonds. The lowest BCUT2D eigenvalue weighted by Crippen LogP contribution is -2.13. The monoisotopic (exact) mass is 296 g/mol. The van der Waals surface area contributed by atoms with Crippen molar-refractivity contribution in [1.82, 2.24) is 19.9 Å². The lowest BCUT2D eigenvalue weighted by Gasteiger charge is -2.11. The van der Waals surface area contributed by atoms with E-state index in [1.54, 1.807) is 12.3 Å². The van der Waals surface area contributed by atoms with Gasteiger partial charge in [0, 0.05) is 12.6 Å². The molecule has 1 unspecified atom stereocenters. The third kappa shape index (κ3) is 2.37. The zero-order valence-electron chi connectivity index (χ0n) is 12.2. The van der Waals surface area contributed by atoms with Crippen LogP contribution in [0.4, 0.5) is 4.39 Å². The molecule has 0 aliphatic carbocycles. The lowest BCUT2D eigenvalue weighted by atomic mass is 10.0. The number of hydrogen-bond acceptors (Lipinski definition) is 3. The van der Waals surface area contributed by atoms with Gasteiger partial charge in [0.05, 0.1) is 5.69 Å². The average Bonchev–Trinajstić information content (AvgIpc) is 3.14. The van der Waals surface area contributed by atoms with E-state index in [1.165, 1.54) is 12.1 Å². The van der Waals surface area contributed by atoms with E-state index in [0.717, 1.165) is 48.6 Å². The van der Waals surface area contributed by atoms with Crippen molar-refractivity contribution >= 4 is 11.2 Å². The molecule has 1 aliphatic rings. The number of hydrogen-bond donors (Lipinski definition) is 1. The van der Waals surface area contributed by atoms with Gasteiger partial charge in [-0.1, -0.05) is 6.07 Å². The van der Waals surface area contributed by atoms with E-state index in [-0.39, 0.29) is 5.82 Å². The number of nitrogens with zero attached hydrogens (tertiary/aromatic N) is 3. The zero-order valence-corrected chi connectivity index (χ0v) is 12.2. The van der Waals surface area contributed by atoms with Crippen molar-refractivity contribution in [3.8, 4) is 5.69 Å². The summed E-state index contributed by atoms with van der Waals surface area (Å²) < 4.78 is 15.6. The van der Waals surface area contributed by atoms with Gasteiger partial charge in [-0.05, 0) is 55.8 Å². The first-order valence-corrected chi connectivity index (χ1v) is 7.60. The molecule has 0 bridgehead atoms. The fraction of sp³-hybridized carbons (Fsp3) is 0.294. The smallest absolute Gasteiger partial charge is 0.164 e. The average molecular weight is 296 g/mol. The number of halogens is 1. The molecule has 3 heterocycles. The summed E-state index contributed by atoms with van der Waals surface area (Å²) >= 11 is 0. The predicted octanol–water partition coefficient (Wildman–Crippen LogP) is 2.71. The summed E-state index contributed by atoms with van der Waals surface area (Å²) in [5.41, 5.74) is 2.42. The number of pyridine rings is 1. The molecule has 22 heavy (non-hydrogen) atoms. The molecule has 0 spiro atoms. The van der Waals surface area contributed by atoms with Crippen LogP contribution in [0.3, 0.4) is 0 Å².